The highest BCUT2D eigenvalue weighted by atomic mass is 35.5. The van der Waals surface area contributed by atoms with Crippen LogP contribution in [-0.2, 0) is 11.3 Å². The monoisotopic (exact) mass is 510 g/mol. The number of halogens is 1. The second-order valence-corrected chi connectivity index (χ2v) is 9.32. The van der Waals surface area contributed by atoms with E-state index < -0.39 is 6.04 Å². The Morgan fingerprint density at radius 2 is 1.86 bits per heavy atom. The molecule has 36 heavy (non-hydrogen) atoms. The molecule has 1 fully saturated rings. The van der Waals surface area contributed by atoms with E-state index in [0.717, 1.165) is 31.2 Å². The molecule has 1 aromatic heterocycles. The van der Waals surface area contributed by atoms with Gasteiger partial charge in [0.1, 0.15) is 23.3 Å². The van der Waals surface area contributed by atoms with E-state index in [1.807, 2.05) is 18.2 Å². The predicted molar refractivity (Wildman–Crippen MR) is 137 cm³/mol. The maximum atomic E-state index is 14.0. The molecule has 1 atom stereocenters. The quantitative estimate of drug-likeness (QED) is 0.399. The van der Waals surface area contributed by atoms with E-state index >= 15 is 0 Å². The highest BCUT2D eigenvalue weighted by Crippen LogP contribution is 2.36. The Morgan fingerprint density at radius 3 is 2.50 bits per heavy atom. The summed E-state index contributed by atoms with van der Waals surface area (Å²) in [6.07, 6.45) is 5.43. The summed E-state index contributed by atoms with van der Waals surface area (Å²) < 4.78 is 16.5. The molecule has 8 heteroatoms. The number of aryl methyl sites for hydroxylation is 1. The van der Waals surface area contributed by atoms with Gasteiger partial charge in [-0.3, -0.25) is 9.59 Å². The van der Waals surface area contributed by atoms with Crippen molar-refractivity contribution in [2.75, 3.05) is 14.2 Å². The zero-order valence-electron chi connectivity index (χ0n) is 20.8. The van der Waals surface area contributed by atoms with E-state index in [0.29, 0.717) is 33.4 Å². The van der Waals surface area contributed by atoms with Crippen molar-refractivity contribution >= 4 is 23.4 Å². The lowest BCUT2D eigenvalue weighted by atomic mass is 9.99. The van der Waals surface area contributed by atoms with E-state index in [1.165, 1.54) is 18.3 Å². The van der Waals surface area contributed by atoms with Gasteiger partial charge < -0.3 is 24.1 Å². The molecule has 2 aromatic carbocycles. The maximum Gasteiger partial charge on any atom is 0.258 e. The zero-order valence-corrected chi connectivity index (χ0v) is 21.5. The van der Waals surface area contributed by atoms with Gasteiger partial charge in [0, 0.05) is 29.2 Å². The summed E-state index contributed by atoms with van der Waals surface area (Å²) in [6, 6.07) is 13.2. The molecule has 1 aliphatic rings. The minimum Gasteiger partial charge on any atom is -0.497 e. The Hall–Kier alpha value is -3.45. The summed E-state index contributed by atoms with van der Waals surface area (Å²) >= 11 is 6.50. The van der Waals surface area contributed by atoms with Gasteiger partial charge in [-0.25, -0.2) is 0 Å². The van der Waals surface area contributed by atoms with E-state index in [4.69, 9.17) is 25.5 Å². The highest BCUT2D eigenvalue weighted by molar-refractivity contribution is 6.31. The molecule has 3 aromatic rings. The number of furan rings is 1. The van der Waals surface area contributed by atoms with Crippen molar-refractivity contribution in [3.05, 3.63) is 82.3 Å². The second-order valence-electron chi connectivity index (χ2n) is 8.92. The Labute approximate surface area is 216 Å². The van der Waals surface area contributed by atoms with Crippen molar-refractivity contribution in [3.8, 4) is 11.5 Å². The lowest BCUT2D eigenvalue weighted by Gasteiger charge is -2.33. The van der Waals surface area contributed by atoms with Crippen LogP contribution >= 0.6 is 11.6 Å². The van der Waals surface area contributed by atoms with Crippen molar-refractivity contribution in [3.63, 3.8) is 0 Å². The fourth-order valence-electron chi connectivity index (χ4n) is 4.70. The number of nitrogens with zero attached hydrogens (tertiary/aromatic N) is 1. The molecule has 0 aliphatic heterocycles. The highest BCUT2D eigenvalue weighted by Gasteiger charge is 2.36. The molecule has 0 spiro atoms. The molecule has 0 saturated heterocycles. The molecule has 190 valence electrons. The molecule has 4 rings (SSSR count). The first kappa shape index (κ1) is 25.6. The minimum atomic E-state index is -0.982. The summed E-state index contributed by atoms with van der Waals surface area (Å²) in [4.78, 5) is 29.5. The Morgan fingerprint density at radius 1 is 1.11 bits per heavy atom. The zero-order chi connectivity index (χ0) is 25.7. The molecular formula is C28H31ClN2O5. The largest absolute Gasteiger partial charge is 0.497 e. The van der Waals surface area contributed by atoms with E-state index in [1.54, 1.807) is 44.4 Å². The van der Waals surface area contributed by atoms with Gasteiger partial charge in [0.05, 0.1) is 26.0 Å². The summed E-state index contributed by atoms with van der Waals surface area (Å²) in [5.41, 5.74) is 1.66. The molecule has 0 radical (unpaired) electrons. The van der Waals surface area contributed by atoms with Crippen LogP contribution in [0.4, 0.5) is 0 Å². The van der Waals surface area contributed by atoms with Crippen LogP contribution in [0, 0.1) is 6.92 Å². The van der Waals surface area contributed by atoms with Gasteiger partial charge in [-0.15, -0.1) is 0 Å². The van der Waals surface area contributed by atoms with Crippen molar-refractivity contribution in [2.45, 2.75) is 51.2 Å². The second kappa shape index (κ2) is 11.5. The van der Waals surface area contributed by atoms with Crippen LogP contribution in [0.15, 0.2) is 59.2 Å². The number of carbonyl (C=O) groups excluding carboxylic acids is 2. The third-order valence-corrected chi connectivity index (χ3v) is 7.01. The molecule has 7 nitrogen and oxygen atoms in total. The average Bonchev–Trinajstić information content (AvgIpc) is 3.56. The van der Waals surface area contributed by atoms with E-state index in [9.17, 15) is 9.59 Å². The van der Waals surface area contributed by atoms with Gasteiger partial charge in [0.25, 0.3) is 5.91 Å². The lowest BCUT2D eigenvalue weighted by Crippen LogP contribution is -2.46. The van der Waals surface area contributed by atoms with Crippen LogP contribution in [0.25, 0.3) is 0 Å². The third kappa shape index (κ3) is 5.51. The fourth-order valence-corrected chi connectivity index (χ4v) is 4.89. The van der Waals surface area contributed by atoms with E-state index in [2.05, 4.69) is 5.32 Å². The number of rotatable bonds is 9. The number of methoxy groups -OCH3 is 2. The van der Waals surface area contributed by atoms with Crippen LogP contribution in [0.3, 0.4) is 0 Å². The molecular weight excluding hydrogens is 480 g/mol. The van der Waals surface area contributed by atoms with Gasteiger partial charge in [-0.05, 0) is 49.6 Å². The Balaban J connectivity index is 1.84. The smallest absolute Gasteiger partial charge is 0.258 e. The first-order chi connectivity index (χ1) is 17.4. The van der Waals surface area contributed by atoms with Gasteiger partial charge in [-0.2, -0.15) is 0 Å². The van der Waals surface area contributed by atoms with Crippen molar-refractivity contribution in [1.29, 1.82) is 0 Å². The third-order valence-electron chi connectivity index (χ3n) is 6.65. The standard InChI is InChI=1S/C28H31ClN2O5/c1-18-22(14-15-36-18)28(33)31(17-19-8-4-7-11-24(19)29)26(27(32)30-20-9-5-6-10-20)23-13-12-21(34-2)16-25(23)35-3/h4,7-8,11-16,20,26H,5-6,9-10,17H2,1-3H3,(H,30,32). The summed E-state index contributed by atoms with van der Waals surface area (Å²) in [7, 11) is 3.10. The predicted octanol–water partition coefficient (Wildman–Crippen LogP) is 5.70. The number of amides is 2. The molecule has 1 heterocycles. The van der Waals surface area contributed by atoms with Crippen LogP contribution in [-0.4, -0.2) is 37.0 Å². The van der Waals surface area contributed by atoms with Crippen LogP contribution in [0.5, 0.6) is 11.5 Å². The summed E-state index contributed by atoms with van der Waals surface area (Å²) in [5, 5.41) is 3.69. The Kier molecular flexibility index (Phi) is 8.21. The molecule has 1 saturated carbocycles. The maximum absolute atomic E-state index is 14.0. The molecule has 2 amide bonds. The number of nitrogens with one attached hydrogen (secondary N) is 1. The minimum absolute atomic E-state index is 0.0668. The molecule has 1 N–H and O–H groups in total. The molecule has 1 unspecified atom stereocenters. The summed E-state index contributed by atoms with van der Waals surface area (Å²) in [5.74, 6) is 0.889. The fraction of sp³-hybridized carbons (Fsp3) is 0.357. The van der Waals surface area contributed by atoms with Crippen molar-refractivity contribution < 1.29 is 23.5 Å². The first-order valence-electron chi connectivity index (χ1n) is 12.0. The van der Waals surface area contributed by atoms with Gasteiger partial charge in [-0.1, -0.05) is 42.6 Å². The number of hydrogen-bond acceptors (Lipinski definition) is 5. The van der Waals surface area contributed by atoms with Gasteiger partial charge >= 0.3 is 0 Å². The average molecular weight is 511 g/mol. The lowest BCUT2D eigenvalue weighted by molar-refractivity contribution is -0.126. The van der Waals surface area contributed by atoms with Gasteiger partial charge in [0.15, 0.2) is 0 Å². The number of ether oxygens (including phenoxy) is 2. The summed E-state index contributed by atoms with van der Waals surface area (Å²) in [6.45, 7) is 1.84. The SMILES string of the molecule is COc1ccc(C(C(=O)NC2CCCC2)N(Cc2ccccc2Cl)C(=O)c2ccoc2C)c(OC)c1. The number of hydrogen-bond donors (Lipinski definition) is 1. The van der Waals surface area contributed by atoms with Crippen LogP contribution < -0.4 is 14.8 Å². The topological polar surface area (TPSA) is 81.0 Å². The normalized spacial score (nSPS) is 14.3. The molecule has 0 bridgehead atoms. The van der Waals surface area contributed by atoms with Crippen molar-refractivity contribution in [2.24, 2.45) is 0 Å². The van der Waals surface area contributed by atoms with Crippen LogP contribution in [0.2, 0.25) is 5.02 Å². The van der Waals surface area contributed by atoms with Crippen molar-refractivity contribution in [1.82, 2.24) is 10.2 Å². The number of benzene rings is 2. The van der Waals surface area contributed by atoms with Gasteiger partial charge in [0.2, 0.25) is 5.91 Å². The van der Waals surface area contributed by atoms with Crippen LogP contribution in [0.1, 0.15) is 59.0 Å². The molecule has 1 aliphatic carbocycles. The number of carbonyl (C=O) groups is 2. The Bertz CT molecular complexity index is 1220. The van der Waals surface area contributed by atoms with E-state index in [-0.39, 0.29) is 24.4 Å². The first-order valence-corrected chi connectivity index (χ1v) is 12.4.